The summed E-state index contributed by atoms with van der Waals surface area (Å²) in [5, 5.41) is 9.06. The van der Waals surface area contributed by atoms with Gasteiger partial charge in [-0.15, -0.1) is 0 Å². The predicted octanol–water partition coefficient (Wildman–Crippen LogP) is 2.86. The van der Waals surface area contributed by atoms with Crippen LogP contribution in [0.15, 0.2) is 18.2 Å². The smallest absolute Gasteiger partial charge is 0.0682 e. The maximum Gasteiger partial charge on any atom is 0.0682 e. The van der Waals surface area contributed by atoms with Gasteiger partial charge in [-0.2, -0.15) is 0 Å². The molecule has 1 aromatic rings. The minimum atomic E-state index is 0.146. The molecular formula is C12H18O. The fourth-order valence-corrected chi connectivity index (χ4v) is 1.42. The summed E-state index contributed by atoms with van der Waals surface area (Å²) in [7, 11) is 0. The van der Waals surface area contributed by atoms with Crippen LogP contribution in [-0.2, 0) is 13.0 Å². The van der Waals surface area contributed by atoms with Crippen LogP contribution in [0, 0.1) is 0 Å². The Bertz CT molecular complexity index is 254. The minimum Gasteiger partial charge on any atom is -0.392 e. The minimum absolute atomic E-state index is 0.146. The van der Waals surface area contributed by atoms with E-state index >= 15 is 0 Å². The first kappa shape index (κ1) is 10.3. The highest BCUT2D eigenvalue weighted by molar-refractivity contribution is 5.31. The van der Waals surface area contributed by atoms with E-state index < -0.39 is 0 Å². The van der Waals surface area contributed by atoms with Gasteiger partial charge in [-0.1, -0.05) is 39.0 Å². The zero-order valence-electron chi connectivity index (χ0n) is 8.67. The highest BCUT2D eigenvalue weighted by atomic mass is 16.3. The van der Waals surface area contributed by atoms with Crippen LogP contribution >= 0.6 is 0 Å². The Morgan fingerprint density at radius 3 is 2.23 bits per heavy atom. The third-order valence-corrected chi connectivity index (χ3v) is 2.33. The Kier molecular flexibility index (Phi) is 3.49. The van der Waals surface area contributed by atoms with E-state index in [0.29, 0.717) is 5.92 Å². The molecule has 0 amide bonds. The molecular weight excluding hydrogens is 160 g/mol. The number of hydrogen-bond acceptors (Lipinski definition) is 1. The zero-order chi connectivity index (χ0) is 9.84. The van der Waals surface area contributed by atoms with E-state index in [1.54, 1.807) is 0 Å². The Labute approximate surface area is 80.4 Å². The molecule has 1 N–H and O–H groups in total. The van der Waals surface area contributed by atoms with Crippen molar-refractivity contribution in [1.29, 1.82) is 0 Å². The van der Waals surface area contributed by atoms with Gasteiger partial charge in [-0.25, -0.2) is 0 Å². The lowest BCUT2D eigenvalue weighted by atomic mass is 9.97. The Hall–Kier alpha value is -0.820. The van der Waals surface area contributed by atoms with Gasteiger partial charge in [-0.05, 0) is 29.0 Å². The Balaban J connectivity index is 3.07. The van der Waals surface area contributed by atoms with Crippen LogP contribution in [0.2, 0.25) is 0 Å². The average Bonchev–Trinajstić information content (AvgIpc) is 2.16. The number of aliphatic hydroxyl groups excluding tert-OH is 1. The molecule has 0 heterocycles. The second-order valence-electron chi connectivity index (χ2n) is 3.75. The van der Waals surface area contributed by atoms with Crippen molar-refractivity contribution < 1.29 is 5.11 Å². The molecule has 0 aromatic heterocycles. The first-order valence-corrected chi connectivity index (χ1v) is 4.91. The molecule has 0 saturated heterocycles. The van der Waals surface area contributed by atoms with E-state index in [1.165, 1.54) is 11.1 Å². The SMILES string of the molecule is CCc1cc(CO)cc(C(C)C)c1. The fourth-order valence-electron chi connectivity index (χ4n) is 1.42. The molecule has 0 aliphatic heterocycles. The van der Waals surface area contributed by atoms with Gasteiger partial charge in [0.15, 0.2) is 0 Å². The van der Waals surface area contributed by atoms with Crippen LogP contribution in [0.3, 0.4) is 0 Å². The summed E-state index contributed by atoms with van der Waals surface area (Å²) in [4.78, 5) is 0. The van der Waals surface area contributed by atoms with Gasteiger partial charge < -0.3 is 5.11 Å². The number of hydrogen-bond donors (Lipinski definition) is 1. The second kappa shape index (κ2) is 4.43. The van der Waals surface area contributed by atoms with Crippen molar-refractivity contribution in [3.05, 3.63) is 34.9 Å². The highest BCUT2D eigenvalue weighted by Gasteiger charge is 2.02. The van der Waals surface area contributed by atoms with Crippen molar-refractivity contribution >= 4 is 0 Å². The molecule has 0 unspecified atom stereocenters. The lowest BCUT2D eigenvalue weighted by Gasteiger charge is -2.09. The van der Waals surface area contributed by atoms with Crippen molar-refractivity contribution in [2.24, 2.45) is 0 Å². The van der Waals surface area contributed by atoms with Crippen LogP contribution < -0.4 is 0 Å². The van der Waals surface area contributed by atoms with E-state index in [2.05, 4.69) is 39.0 Å². The third-order valence-electron chi connectivity index (χ3n) is 2.33. The standard InChI is InChI=1S/C12H18O/c1-4-10-5-11(8-13)7-12(6-10)9(2)3/h5-7,9,13H,4,8H2,1-3H3. The molecule has 0 atom stereocenters. The van der Waals surface area contributed by atoms with Gasteiger partial charge >= 0.3 is 0 Å². The third kappa shape index (κ3) is 2.56. The first-order valence-electron chi connectivity index (χ1n) is 4.91. The van der Waals surface area contributed by atoms with E-state index in [9.17, 15) is 0 Å². The maximum atomic E-state index is 9.06. The second-order valence-corrected chi connectivity index (χ2v) is 3.75. The number of benzene rings is 1. The quantitative estimate of drug-likeness (QED) is 0.754. The Morgan fingerprint density at radius 2 is 1.77 bits per heavy atom. The van der Waals surface area contributed by atoms with E-state index in [1.807, 2.05) is 0 Å². The topological polar surface area (TPSA) is 20.2 Å². The van der Waals surface area contributed by atoms with Crippen molar-refractivity contribution in [2.45, 2.75) is 39.7 Å². The van der Waals surface area contributed by atoms with Crippen molar-refractivity contribution in [3.8, 4) is 0 Å². The molecule has 72 valence electrons. The van der Waals surface area contributed by atoms with E-state index in [4.69, 9.17) is 5.11 Å². The molecule has 1 nitrogen and oxygen atoms in total. The van der Waals surface area contributed by atoms with Gasteiger partial charge in [0, 0.05) is 0 Å². The lowest BCUT2D eigenvalue weighted by molar-refractivity contribution is 0.281. The monoisotopic (exact) mass is 178 g/mol. The number of aliphatic hydroxyl groups is 1. The lowest BCUT2D eigenvalue weighted by Crippen LogP contribution is -1.94. The molecule has 1 rings (SSSR count). The van der Waals surface area contributed by atoms with Crippen LogP contribution in [0.25, 0.3) is 0 Å². The molecule has 1 aromatic carbocycles. The van der Waals surface area contributed by atoms with Crippen LogP contribution in [0.5, 0.6) is 0 Å². The summed E-state index contributed by atoms with van der Waals surface area (Å²) in [5.74, 6) is 0.539. The maximum absolute atomic E-state index is 9.06. The van der Waals surface area contributed by atoms with Gasteiger partial charge in [-0.3, -0.25) is 0 Å². The summed E-state index contributed by atoms with van der Waals surface area (Å²) >= 11 is 0. The first-order chi connectivity index (χ1) is 6.17. The summed E-state index contributed by atoms with van der Waals surface area (Å²) in [6, 6.07) is 6.39. The molecule has 1 heteroatoms. The summed E-state index contributed by atoms with van der Waals surface area (Å²) < 4.78 is 0. The van der Waals surface area contributed by atoms with E-state index in [-0.39, 0.29) is 6.61 Å². The molecule has 0 aliphatic carbocycles. The van der Waals surface area contributed by atoms with Crippen LogP contribution in [-0.4, -0.2) is 5.11 Å². The summed E-state index contributed by atoms with van der Waals surface area (Å²) in [6.45, 7) is 6.64. The van der Waals surface area contributed by atoms with Crippen molar-refractivity contribution in [3.63, 3.8) is 0 Å². The van der Waals surface area contributed by atoms with Crippen molar-refractivity contribution in [1.82, 2.24) is 0 Å². The van der Waals surface area contributed by atoms with E-state index in [0.717, 1.165) is 12.0 Å². The zero-order valence-corrected chi connectivity index (χ0v) is 8.67. The van der Waals surface area contributed by atoms with Crippen LogP contribution in [0.1, 0.15) is 43.4 Å². The number of aryl methyl sites for hydroxylation is 1. The highest BCUT2D eigenvalue weighted by Crippen LogP contribution is 2.18. The molecule has 0 bridgehead atoms. The molecule has 0 saturated carbocycles. The van der Waals surface area contributed by atoms with Gasteiger partial charge in [0.2, 0.25) is 0 Å². The Morgan fingerprint density at radius 1 is 1.15 bits per heavy atom. The predicted molar refractivity (Wildman–Crippen MR) is 55.8 cm³/mol. The van der Waals surface area contributed by atoms with Gasteiger partial charge in [0.1, 0.15) is 0 Å². The van der Waals surface area contributed by atoms with Crippen molar-refractivity contribution in [2.75, 3.05) is 0 Å². The molecule has 0 aliphatic rings. The molecule has 0 radical (unpaired) electrons. The molecule has 13 heavy (non-hydrogen) atoms. The number of rotatable bonds is 3. The average molecular weight is 178 g/mol. The molecule has 0 spiro atoms. The van der Waals surface area contributed by atoms with Crippen LogP contribution in [0.4, 0.5) is 0 Å². The largest absolute Gasteiger partial charge is 0.392 e. The molecule has 0 fully saturated rings. The van der Waals surface area contributed by atoms with Gasteiger partial charge in [0.05, 0.1) is 6.61 Å². The van der Waals surface area contributed by atoms with Gasteiger partial charge in [0.25, 0.3) is 0 Å². The fraction of sp³-hybridized carbons (Fsp3) is 0.500. The summed E-state index contributed by atoms with van der Waals surface area (Å²) in [6.07, 6.45) is 1.04. The summed E-state index contributed by atoms with van der Waals surface area (Å²) in [5.41, 5.74) is 3.67. The normalized spacial score (nSPS) is 10.8.